The van der Waals surface area contributed by atoms with E-state index in [0.717, 1.165) is 24.2 Å². The number of hydrogen-bond donors (Lipinski definition) is 4. The number of hydrogen-bond acceptors (Lipinski definition) is 6. The van der Waals surface area contributed by atoms with Gasteiger partial charge in [-0.3, -0.25) is 9.59 Å². The second-order valence-electron chi connectivity index (χ2n) is 11.7. The summed E-state index contributed by atoms with van der Waals surface area (Å²) >= 11 is 0. The number of rotatable bonds is 9. The summed E-state index contributed by atoms with van der Waals surface area (Å²) in [4.78, 5) is 51.2. The Bertz CT molecular complexity index is 1080. The van der Waals surface area contributed by atoms with Gasteiger partial charge in [-0.2, -0.15) is 0 Å². The van der Waals surface area contributed by atoms with Gasteiger partial charge in [0.05, 0.1) is 29.1 Å². The SMILES string of the molecule is C=CC1C[C@]1(NC(=O)[C@@H]1CC(F)CN1C(=O)CNC(=O)NC1(CS(=O)(=O)C(C)(C)C)CCCCC1)C(=O)O. The molecular weight excluding hydrogens is 519 g/mol. The van der Waals surface area contributed by atoms with Crippen LogP contribution in [-0.2, 0) is 24.2 Å². The summed E-state index contributed by atoms with van der Waals surface area (Å²) in [6.45, 7) is 7.49. The Kier molecular flexibility index (Phi) is 8.50. The lowest BCUT2D eigenvalue weighted by Gasteiger charge is -2.39. The maximum atomic E-state index is 14.2. The Morgan fingerprint density at radius 2 is 1.76 bits per heavy atom. The molecule has 0 aromatic rings. The first kappa shape index (κ1) is 29.9. The number of carboxylic acid groups (broad SMARTS) is 1. The summed E-state index contributed by atoms with van der Waals surface area (Å²) in [6.07, 6.45) is 3.23. The first-order valence-corrected chi connectivity index (χ1v) is 14.6. The predicted octanol–water partition coefficient (Wildman–Crippen LogP) is 1.29. The number of carbonyl (C=O) groups is 4. The molecule has 4 N–H and O–H groups in total. The van der Waals surface area contributed by atoms with Crippen LogP contribution in [0.1, 0.15) is 65.7 Å². The van der Waals surface area contributed by atoms with E-state index in [1.54, 1.807) is 20.8 Å². The summed E-state index contributed by atoms with van der Waals surface area (Å²) in [5.41, 5.74) is -2.48. The van der Waals surface area contributed by atoms with Gasteiger partial charge in [0.2, 0.25) is 11.8 Å². The number of amides is 4. The topological polar surface area (TPSA) is 162 Å². The minimum atomic E-state index is -3.54. The van der Waals surface area contributed by atoms with E-state index in [0.29, 0.717) is 12.8 Å². The monoisotopic (exact) mass is 558 g/mol. The third-order valence-electron chi connectivity index (χ3n) is 7.89. The molecule has 4 atom stereocenters. The van der Waals surface area contributed by atoms with Gasteiger partial charge in [0, 0.05) is 12.3 Å². The van der Waals surface area contributed by atoms with Crippen molar-refractivity contribution in [1.29, 1.82) is 0 Å². The lowest BCUT2D eigenvalue weighted by Crippen LogP contribution is -2.59. The van der Waals surface area contributed by atoms with Gasteiger partial charge in [0.1, 0.15) is 17.8 Å². The van der Waals surface area contributed by atoms with Crippen LogP contribution in [0.5, 0.6) is 0 Å². The minimum absolute atomic E-state index is 0.158. The van der Waals surface area contributed by atoms with Crippen molar-refractivity contribution in [2.45, 2.75) is 93.8 Å². The number of aliphatic carboxylic acids is 1. The molecule has 38 heavy (non-hydrogen) atoms. The van der Waals surface area contributed by atoms with E-state index in [9.17, 15) is 37.1 Å². The highest BCUT2D eigenvalue weighted by molar-refractivity contribution is 7.92. The number of alkyl halides is 1. The fraction of sp³-hybridized carbons (Fsp3) is 0.760. The molecule has 2 aliphatic carbocycles. The summed E-state index contributed by atoms with van der Waals surface area (Å²) in [5, 5.41) is 17.2. The Morgan fingerprint density at radius 1 is 1.13 bits per heavy atom. The lowest BCUT2D eigenvalue weighted by molar-refractivity contribution is -0.145. The number of carboxylic acids is 1. The largest absolute Gasteiger partial charge is 0.479 e. The molecule has 1 saturated heterocycles. The molecule has 11 nitrogen and oxygen atoms in total. The molecule has 3 aliphatic rings. The number of nitrogens with zero attached hydrogens (tertiary/aromatic N) is 1. The maximum absolute atomic E-state index is 14.2. The zero-order valence-electron chi connectivity index (χ0n) is 22.2. The number of halogens is 1. The number of nitrogens with one attached hydrogen (secondary N) is 3. The molecule has 3 rings (SSSR count). The fourth-order valence-corrected chi connectivity index (χ4v) is 6.81. The van der Waals surface area contributed by atoms with Crippen molar-refractivity contribution in [1.82, 2.24) is 20.9 Å². The number of likely N-dealkylation sites (tertiary alicyclic amines) is 1. The number of sulfone groups is 1. The molecule has 0 bridgehead atoms. The van der Waals surface area contributed by atoms with Gasteiger partial charge in [-0.1, -0.05) is 25.3 Å². The van der Waals surface area contributed by atoms with E-state index in [2.05, 4.69) is 22.5 Å². The van der Waals surface area contributed by atoms with E-state index in [-0.39, 0.29) is 25.1 Å². The molecule has 0 radical (unpaired) electrons. The van der Waals surface area contributed by atoms with Gasteiger partial charge >= 0.3 is 12.0 Å². The van der Waals surface area contributed by atoms with Crippen LogP contribution in [0.3, 0.4) is 0 Å². The molecule has 3 fully saturated rings. The molecule has 0 aromatic heterocycles. The molecule has 2 unspecified atom stereocenters. The van der Waals surface area contributed by atoms with Gasteiger partial charge < -0.3 is 26.0 Å². The minimum Gasteiger partial charge on any atom is -0.479 e. The van der Waals surface area contributed by atoms with Crippen LogP contribution >= 0.6 is 0 Å². The van der Waals surface area contributed by atoms with Crippen LogP contribution in [0.15, 0.2) is 12.7 Å². The summed E-state index contributed by atoms with van der Waals surface area (Å²) < 4.78 is 39.1. The second-order valence-corrected chi connectivity index (χ2v) is 14.5. The van der Waals surface area contributed by atoms with Crippen molar-refractivity contribution in [3.8, 4) is 0 Å². The van der Waals surface area contributed by atoms with E-state index in [1.165, 1.54) is 6.08 Å². The Labute approximate surface area is 222 Å². The molecule has 13 heteroatoms. The second kappa shape index (κ2) is 10.8. The average Bonchev–Trinajstić information content (AvgIpc) is 3.39. The van der Waals surface area contributed by atoms with Crippen molar-refractivity contribution < 1.29 is 37.1 Å². The summed E-state index contributed by atoms with van der Waals surface area (Å²) in [5.74, 6) is -3.40. The summed E-state index contributed by atoms with van der Waals surface area (Å²) in [7, 11) is -3.54. The van der Waals surface area contributed by atoms with Crippen molar-refractivity contribution in [2.24, 2.45) is 5.92 Å². The number of urea groups is 1. The molecular formula is C25H39FN4O7S. The quantitative estimate of drug-likeness (QED) is 0.310. The highest BCUT2D eigenvalue weighted by Gasteiger charge is 2.61. The normalized spacial score (nSPS) is 28.7. The zero-order valence-corrected chi connectivity index (χ0v) is 23.0. The third kappa shape index (κ3) is 6.29. The fourth-order valence-electron chi connectivity index (χ4n) is 5.28. The molecule has 1 heterocycles. The molecule has 2 saturated carbocycles. The Morgan fingerprint density at radius 3 is 2.29 bits per heavy atom. The van der Waals surface area contributed by atoms with E-state index >= 15 is 0 Å². The van der Waals surface area contributed by atoms with Crippen molar-refractivity contribution >= 4 is 33.7 Å². The molecule has 0 spiro atoms. The van der Waals surface area contributed by atoms with E-state index < -0.39 is 74.2 Å². The predicted molar refractivity (Wildman–Crippen MR) is 138 cm³/mol. The third-order valence-corrected chi connectivity index (χ3v) is 10.7. The highest BCUT2D eigenvalue weighted by atomic mass is 32.2. The van der Waals surface area contributed by atoms with Gasteiger partial charge in [0.15, 0.2) is 9.84 Å². The highest BCUT2D eigenvalue weighted by Crippen LogP contribution is 2.45. The maximum Gasteiger partial charge on any atom is 0.330 e. The van der Waals surface area contributed by atoms with Gasteiger partial charge in [0.25, 0.3) is 0 Å². The molecule has 214 valence electrons. The van der Waals surface area contributed by atoms with Crippen LogP contribution in [-0.4, -0.2) is 89.1 Å². The van der Waals surface area contributed by atoms with Crippen LogP contribution in [0.4, 0.5) is 9.18 Å². The van der Waals surface area contributed by atoms with Crippen LogP contribution < -0.4 is 16.0 Å². The Balaban J connectivity index is 1.62. The van der Waals surface area contributed by atoms with Crippen LogP contribution in [0.25, 0.3) is 0 Å². The van der Waals surface area contributed by atoms with Gasteiger partial charge in [-0.15, -0.1) is 6.58 Å². The van der Waals surface area contributed by atoms with E-state index in [4.69, 9.17) is 0 Å². The number of carbonyl (C=O) groups excluding carboxylic acids is 3. The van der Waals surface area contributed by atoms with Crippen LogP contribution in [0.2, 0.25) is 0 Å². The van der Waals surface area contributed by atoms with E-state index in [1.807, 2.05) is 0 Å². The molecule has 0 aromatic carbocycles. The van der Waals surface area contributed by atoms with Crippen LogP contribution in [0, 0.1) is 5.92 Å². The molecule has 1 aliphatic heterocycles. The van der Waals surface area contributed by atoms with Gasteiger partial charge in [-0.25, -0.2) is 22.4 Å². The molecule has 4 amide bonds. The van der Waals surface area contributed by atoms with Crippen molar-refractivity contribution in [3.63, 3.8) is 0 Å². The standard InChI is InChI=1S/C25H39FN4O7S/c1-5-16-12-25(16,21(33)34)28-20(32)18-11-17(26)14-30(18)19(31)13-27-22(35)29-24(9-7-6-8-10-24)15-38(36,37)23(2,3)4/h5,16-18H,1,6-15H2,2-4H3,(H,28,32)(H,33,34)(H2,27,29,35)/t16?,17?,18-,25+/m0/s1. The van der Waals surface area contributed by atoms with Gasteiger partial charge in [-0.05, 0) is 40.0 Å². The zero-order chi connectivity index (χ0) is 28.5. The smallest absolute Gasteiger partial charge is 0.330 e. The van der Waals surface area contributed by atoms with Crippen molar-refractivity contribution in [2.75, 3.05) is 18.8 Å². The Hall–Kier alpha value is -2.70. The van der Waals surface area contributed by atoms with Crippen molar-refractivity contribution in [3.05, 3.63) is 12.7 Å². The first-order chi connectivity index (χ1) is 17.6. The summed E-state index contributed by atoms with van der Waals surface area (Å²) in [6, 6.07) is -1.94. The lowest BCUT2D eigenvalue weighted by atomic mass is 9.83. The average molecular weight is 559 g/mol. The first-order valence-electron chi connectivity index (χ1n) is 13.0.